The number of carbonyl (C=O) groups is 1. The molecule has 162 valence electrons. The standard InChI is InChI=1S/C26H30N2O3/c1-19(20-8-9-22-17-24(30-3)11-10-21(22)16-20)26(29)27(2)18-23-6-4-5-7-25(23)28-12-14-31-15-13-28/h4-11,16-17,19H,12-15,18H2,1-3H3/t19-/m0/s1. The van der Waals surface area contributed by atoms with Gasteiger partial charge in [0.05, 0.1) is 26.2 Å². The number of carbonyl (C=O) groups excluding carboxylic acids is 1. The first kappa shape index (κ1) is 21.2. The highest BCUT2D eigenvalue weighted by Gasteiger charge is 2.22. The van der Waals surface area contributed by atoms with Crippen LogP contribution in [0, 0.1) is 0 Å². The molecule has 1 aliphatic heterocycles. The monoisotopic (exact) mass is 418 g/mol. The summed E-state index contributed by atoms with van der Waals surface area (Å²) in [6.07, 6.45) is 0. The van der Waals surface area contributed by atoms with Crippen molar-refractivity contribution in [2.24, 2.45) is 0 Å². The van der Waals surface area contributed by atoms with Crippen LogP contribution in [-0.4, -0.2) is 51.3 Å². The van der Waals surface area contributed by atoms with E-state index < -0.39 is 0 Å². The first-order valence-electron chi connectivity index (χ1n) is 10.8. The van der Waals surface area contributed by atoms with Gasteiger partial charge in [0.1, 0.15) is 5.75 Å². The molecule has 1 heterocycles. The molecular formula is C26H30N2O3. The van der Waals surface area contributed by atoms with Crippen molar-refractivity contribution in [2.75, 3.05) is 45.4 Å². The van der Waals surface area contributed by atoms with Crippen LogP contribution in [0.3, 0.4) is 0 Å². The van der Waals surface area contributed by atoms with Gasteiger partial charge in [-0.3, -0.25) is 4.79 Å². The molecule has 3 aromatic carbocycles. The SMILES string of the molecule is COc1ccc2cc([C@H](C)C(=O)N(C)Cc3ccccc3N3CCOCC3)ccc2c1. The Balaban J connectivity index is 1.50. The van der Waals surface area contributed by atoms with E-state index in [9.17, 15) is 4.79 Å². The van der Waals surface area contributed by atoms with E-state index in [4.69, 9.17) is 9.47 Å². The normalized spacial score (nSPS) is 15.0. The van der Waals surface area contributed by atoms with E-state index in [2.05, 4.69) is 35.2 Å². The minimum Gasteiger partial charge on any atom is -0.497 e. The van der Waals surface area contributed by atoms with E-state index in [1.54, 1.807) is 7.11 Å². The molecule has 0 bridgehead atoms. The molecule has 1 aliphatic rings. The molecule has 0 aliphatic carbocycles. The third-order valence-electron chi connectivity index (χ3n) is 6.07. The van der Waals surface area contributed by atoms with Crippen LogP contribution in [0.5, 0.6) is 5.75 Å². The third-order valence-corrected chi connectivity index (χ3v) is 6.07. The Hall–Kier alpha value is -3.05. The first-order valence-corrected chi connectivity index (χ1v) is 10.8. The minimum absolute atomic E-state index is 0.115. The Morgan fingerprint density at radius 3 is 2.55 bits per heavy atom. The zero-order chi connectivity index (χ0) is 21.8. The van der Waals surface area contributed by atoms with Crippen LogP contribution in [0.2, 0.25) is 0 Å². The fourth-order valence-electron chi connectivity index (χ4n) is 4.20. The zero-order valence-electron chi connectivity index (χ0n) is 18.5. The largest absolute Gasteiger partial charge is 0.497 e. The maximum absolute atomic E-state index is 13.2. The summed E-state index contributed by atoms with van der Waals surface area (Å²) in [4.78, 5) is 17.4. The minimum atomic E-state index is -0.216. The molecule has 1 saturated heterocycles. The third kappa shape index (κ3) is 4.67. The maximum Gasteiger partial charge on any atom is 0.229 e. The lowest BCUT2D eigenvalue weighted by atomic mass is 9.96. The lowest BCUT2D eigenvalue weighted by Crippen LogP contribution is -2.37. The van der Waals surface area contributed by atoms with Gasteiger partial charge >= 0.3 is 0 Å². The molecule has 1 amide bonds. The van der Waals surface area contributed by atoms with Gasteiger partial charge in [0.2, 0.25) is 5.91 Å². The van der Waals surface area contributed by atoms with Crippen molar-refractivity contribution in [1.29, 1.82) is 0 Å². The number of morpholine rings is 1. The summed E-state index contributed by atoms with van der Waals surface area (Å²) in [5.74, 6) is 0.736. The molecule has 4 rings (SSSR count). The molecule has 0 N–H and O–H groups in total. The number of hydrogen-bond donors (Lipinski definition) is 0. The van der Waals surface area contributed by atoms with Gasteiger partial charge in [-0.1, -0.05) is 42.5 Å². The fraction of sp³-hybridized carbons (Fsp3) is 0.346. The molecule has 1 atom stereocenters. The van der Waals surface area contributed by atoms with Gasteiger partial charge in [-0.15, -0.1) is 0 Å². The van der Waals surface area contributed by atoms with Crippen LogP contribution in [0.25, 0.3) is 10.8 Å². The number of amides is 1. The topological polar surface area (TPSA) is 42.0 Å². The number of hydrogen-bond acceptors (Lipinski definition) is 4. The quantitative estimate of drug-likeness (QED) is 0.593. The van der Waals surface area contributed by atoms with Gasteiger partial charge in [0.15, 0.2) is 0 Å². The second-order valence-electron chi connectivity index (χ2n) is 8.12. The van der Waals surface area contributed by atoms with E-state index >= 15 is 0 Å². The molecule has 0 aromatic heterocycles. The Morgan fingerprint density at radius 2 is 1.77 bits per heavy atom. The highest BCUT2D eigenvalue weighted by atomic mass is 16.5. The average Bonchev–Trinajstić information content (AvgIpc) is 2.83. The van der Waals surface area contributed by atoms with Crippen molar-refractivity contribution in [2.45, 2.75) is 19.4 Å². The van der Waals surface area contributed by atoms with E-state index in [0.29, 0.717) is 6.54 Å². The highest BCUT2D eigenvalue weighted by molar-refractivity contribution is 5.88. The first-order chi connectivity index (χ1) is 15.1. The Morgan fingerprint density at radius 1 is 1.06 bits per heavy atom. The second-order valence-corrected chi connectivity index (χ2v) is 8.12. The summed E-state index contributed by atoms with van der Waals surface area (Å²) in [5.41, 5.74) is 3.38. The second kappa shape index (κ2) is 9.40. The van der Waals surface area contributed by atoms with E-state index in [-0.39, 0.29) is 11.8 Å². The number of rotatable bonds is 6. The zero-order valence-corrected chi connectivity index (χ0v) is 18.5. The Bertz CT molecular complexity index is 1060. The van der Waals surface area contributed by atoms with Crippen molar-refractivity contribution >= 4 is 22.4 Å². The Kier molecular flexibility index (Phi) is 6.42. The number of likely N-dealkylation sites (N-methyl/N-ethyl adjacent to an activating group) is 1. The maximum atomic E-state index is 13.2. The van der Waals surface area contributed by atoms with Crippen molar-refractivity contribution < 1.29 is 14.3 Å². The Labute approximate surface area is 184 Å². The van der Waals surface area contributed by atoms with Gasteiger partial charge in [-0.05, 0) is 47.0 Å². The van der Waals surface area contributed by atoms with Gasteiger partial charge in [-0.2, -0.15) is 0 Å². The summed E-state index contributed by atoms with van der Waals surface area (Å²) in [5, 5.41) is 2.22. The van der Waals surface area contributed by atoms with Gasteiger partial charge in [0, 0.05) is 32.4 Å². The highest BCUT2D eigenvalue weighted by Crippen LogP contribution is 2.27. The summed E-state index contributed by atoms with van der Waals surface area (Å²) in [6.45, 7) is 5.82. The summed E-state index contributed by atoms with van der Waals surface area (Å²) < 4.78 is 10.8. The number of ether oxygens (including phenoxy) is 2. The number of benzene rings is 3. The van der Waals surface area contributed by atoms with Crippen molar-refractivity contribution in [3.8, 4) is 5.75 Å². The number of methoxy groups -OCH3 is 1. The van der Waals surface area contributed by atoms with Gasteiger partial charge < -0.3 is 19.3 Å². The lowest BCUT2D eigenvalue weighted by Gasteiger charge is -2.32. The summed E-state index contributed by atoms with van der Waals surface area (Å²) >= 11 is 0. The number of anilines is 1. The molecule has 5 heteroatoms. The van der Waals surface area contributed by atoms with Gasteiger partial charge in [0.25, 0.3) is 0 Å². The molecule has 0 saturated carbocycles. The molecular weight excluding hydrogens is 388 g/mol. The molecule has 0 unspecified atom stereocenters. The van der Waals surface area contributed by atoms with Crippen LogP contribution in [-0.2, 0) is 16.1 Å². The summed E-state index contributed by atoms with van der Waals surface area (Å²) in [6, 6.07) is 20.6. The number of fused-ring (bicyclic) bond motifs is 1. The summed E-state index contributed by atoms with van der Waals surface area (Å²) in [7, 11) is 3.56. The number of nitrogens with zero attached hydrogens (tertiary/aromatic N) is 2. The van der Waals surface area contributed by atoms with Crippen LogP contribution in [0.15, 0.2) is 60.7 Å². The van der Waals surface area contributed by atoms with Crippen LogP contribution >= 0.6 is 0 Å². The van der Waals surface area contributed by atoms with Crippen molar-refractivity contribution in [1.82, 2.24) is 4.90 Å². The molecule has 0 radical (unpaired) electrons. The van der Waals surface area contributed by atoms with E-state index in [1.807, 2.05) is 49.2 Å². The smallest absolute Gasteiger partial charge is 0.229 e. The molecule has 31 heavy (non-hydrogen) atoms. The fourth-order valence-corrected chi connectivity index (χ4v) is 4.20. The van der Waals surface area contributed by atoms with E-state index in [1.165, 1.54) is 5.69 Å². The number of para-hydroxylation sites is 1. The van der Waals surface area contributed by atoms with Crippen LogP contribution in [0.4, 0.5) is 5.69 Å². The lowest BCUT2D eigenvalue weighted by molar-refractivity contribution is -0.131. The van der Waals surface area contributed by atoms with Crippen LogP contribution < -0.4 is 9.64 Å². The van der Waals surface area contributed by atoms with Gasteiger partial charge in [-0.25, -0.2) is 0 Å². The molecule has 0 spiro atoms. The van der Waals surface area contributed by atoms with Crippen molar-refractivity contribution in [3.05, 3.63) is 71.8 Å². The average molecular weight is 419 g/mol. The van der Waals surface area contributed by atoms with E-state index in [0.717, 1.165) is 54.0 Å². The van der Waals surface area contributed by atoms with Crippen LogP contribution in [0.1, 0.15) is 24.0 Å². The molecule has 5 nitrogen and oxygen atoms in total. The predicted molar refractivity (Wildman–Crippen MR) is 125 cm³/mol. The molecule has 3 aromatic rings. The predicted octanol–water partition coefficient (Wildman–Crippen LogP) is 4.45. The van der Waals surface area contributed by atoms with Crippen molar-refractivity contribution in [3.63, 3.8) is 0 Å². The molecule has 1 fully saturated rings.